The van der Waals surface area contributed by atoms with Crippen LogP contribution in [0.4, 0.5) is 5.69 Å². The Kier molecular flexibility index (Phi) is 11.6. The summed E-state index contributed by atoms with van der Waals surface area (Å²) < 4.78 is 9.60. The third-order valence-corrected chi connectivity index (χ3v) is 5.73. The van der Waals surface area contributed by atoms with Crippen molar-refractivity contribution in [3.8, 4) is 11.8 Å². The normalized spacial score (nSPS) is 15.2. The number of carbonyl (C=O) groups is 1. The van der Waals surface area contributed by atoms with Crippen LogP contribution in [-0.2, 0) is 16.0 Å². The molecule has 6 nitrogen and oxygen atoms in total. The summed E-state index contributed by atoms with van der Waals surface area (Å²) in [5, 5.41) is 12.8. The maximum absolute atomic E-state index is 10.8. The van der Waals surface area contributed by atoms with E-state index < -0.39 is 0 Å². The molecule has 0 aromatic heterocycles. The van der Waals surface area contributed by atoms with Crippen LogP contribution in [0.1, 0.15) is 37.3 Å². The number of anilines is 1. The van der Waals surface area contributed by atoms with Crippen molar-refractivity contribution >= 4 is 23.3 Å². The molecule has 0 radical (unpaired) electrons. The number of rotatable bonds is 9. The number of hydrogen-bond acceptors (Lipinski definition) is 6. The number of ether oxygens (including phenoxy) is 2. The maximum Gasteiger partial charge on any atom is 0.305 e. The first kappa shape index (κ1) is 26.5. The zero-order chi connectivity index (χ0) is 24.1. The lowest BCUT2D eigenvalue weighted by molar-refractivity contribution is -0.140. The van der Waals surface area contributed by atoms with Crippen LogP contribution in [0.15, 0.2) is 42.5 Å². The molecule has 0 amide bonds. The lowest BCUT2D eigenvalue weighted by atomic mass is 10.1. The van der Waals surface area contributed by atoms with Crippen molar-refractivity contribution < 1.29 is 14.3 Å². The van der Waals surface area contributed by atoms with Crippen molar-refractivity contribution in [2.24, 2.45) is 5.92 Å². The summed E-state index contributed by atoms with van der Waals surface area (Å²) in [5.41, 5.74) is 2.83. The number of halogens is 1. The SMILES string of the molecule is CC1CCN(CCc2cc(Cl)cc(C#N)c2)C1.COC(=O)CCCNc1ccc(OC)cc1. The van der Waals surface area contributed by atoms with Gasteiger partial charge in [0.15, 0.2) is 0 Å². The van der Waals surface area contributed by atoms with Crippen LogP contribution in [-0.4, -0.2) is 51.3 Å². The summed E-state index contributed by atoms with van der Waals surface area (Å²) >= 11 is 5.98. The minimum absolute atomic E-state index is 0.170. The molecule has 1 unspecified atom stereocenters. The van der Waals surface area contributed by atoms with E-state index in [4.69, 9.17) is 21.6 Å². The molecule has 2 aromatic carbocycles. The minimum atomic E-state index is -0.170. The number of benzene rings is 2. The fourth-order valence-electron chi connectivity index (χ4n) is 3.65. The summed E-state index contributed by atoms with van der Waals surface area (Å²) in [6.45, 7) is 6.52. The number of esters is 1. The van der Waals surface area contributed by atoms with E-state index in [-0.39, 0.29) is 5.97 Å². The van der Waals surface area contributed by atoms with Crippen molar-refractivity contribution in [3.05, 3.63) is 58.6 Å². The van der Waals surface area contributed by atoms with E-state index in [0.717, 1.165) is 48.8 Å². The zero-order valence-corrected chi connectivity index (χ0v) is 20.5. The maximum atomic E-state index is 10.8. The largest absolute Gasteiger partial charge is 0.497 e. The van der Waals surface area contributed by atoms with Gasteiger partial charge in [-0.3, -0.25) is 4.79 Å². The molecule has 0 spiro atoms. The highest BCUT2D eigenvalue weighted by Gasteiger charge is 2.17. The Labute approximate surface area is 202 Å². The molecular weight excluding hydrogens is 438 g/mol. The van der Waals surface area contributed by atoms with E-state index >= 15 is 0 Å². The van der Waals surface area contributed by atoms with Gasteiger partial charge in [0.25, 0.3) is 0 Å². The highest BCUT2D eigenvalue weighted by Crippen LogP contribution is 2.18. The molecule has 2 aromatic rings. The molecule has 0 aliphatic carbocycles. The van der Waals surface area contributed by atoms with Gasteiger partial charge in [-0.1, -0.05) is 18.5 Å². The monoisotopic (exact) mass is 471 g/mol. The van der Waals surface area contributed by atoms with Crippen molar-refractivity contribution in [1.82, 2.24) is 4.90 Å². The summed E-state index contributed by atoms with van der Waals surface area (Å²) in [4.78, 5) is 13.3. The topological polar surface area (TPSA) is 74.6 Å². The molecule has 1 atom stereocenters. The molecule has 1 N–H and O–H groups in total. The zero-order valence-electron chi connectivity index (χ0n) is 19.8. The Bertz CT molecular complexity index is 912. The van der Waals surface area contributed by atoms with Gasteiger partial charge in [0, 0.05) is 36.8 Å². The Morgan fingerprint density at radius 2 is 2.00 bits per heavy atom. The van der Waals surface area contributed by atoms with Crippen LogP contribution in [0.25, 0.3) is 0 Å². The Balaban J connectivity index is 0.000000234. The fourth-order valence-corrected chi connectivity index (χ4v) is 3.91. The second-order valence-electron chi connectivity index (χ2n) is 8.24. The van der Waals surface area contributed by atoms with Gasteiger partial charge in [-0.2, -0.15) is 5.26 Å². The number of nitrogens with zero attached hydrogens (tertiary/aromatic N) is 2. The Morgan fingerprint density at radius 1 is 1.24 bits per heavy atom. The molecule has 1 aliphatic rings. The Morgan fingerprint density at radius 3 is 2.61 bits per heavy atom. The molecule has 1 fully saturated rings. The molecule has 33 heavy (non-hydrogen) atoms. The highest BCUT2D eigenvalue weighted by atomic mass is 35.5. The van der Waals surface area contributed by atoms with E-state index in [2.05, 4.69) is 27.9 Å². The van der Waals surface area contributed by atoms with Gasteiger partial charge >= 0.3 is 5.97 Å². The summed E-state index contributed by atoms with van der Waals surface area (Å²) in [5.74, 6) is 1.49. The number of nitriles is 1. The highest BCUT2D eigenvalue weighted by molar-refractivity contribution is 6.30. The third kappa shape index (κ3) is 10.2. The molecule has 1 aliphatic heterocycles. The van der Waals surface area contributed by atoms with Gasteiger partial charge in [0.2, 0.25) is 0 Å². The molecule has 3 rings (SSSR count). The van der Waals surface area contributed by atoms with Crippen LogP contribution in [0.2, 0.25) is 5.02 Å². The summed E-state index contributed by atoms with van der Waals surface area (Å²) in [6.07, 6.45) is 3.49. The first-order chi connectivity index (χ1) is 15.9. The fraction of sp³-hybridized carbons (Fsp3) is 0.462. The second-order valence-corrected chi connectivity index (χ2v) is 8.68. The van der Waals surface area contributed by atoms with Crippen molar-refractivity contribution in [1.29, 1.82) is 5.26 Å². The van der Waals surface area contributed by atoms with Crippen LogP contribution in [0.3, 0.4) is 0 Å². The van der Waals surface area contributed by atoms with Crippen LogP contribution in [0, 0.1) is 17.2 Å². The first-order valence-corrected chi connectivity index (χ1v) is 11.7. The smallest absolute Gasteiger partial charge is 0.305 e. The van der Waals surface area contributed by atoms with Gasteiger partial charge in [-0.15, -0.1) is 0 Å². The van der Waals surface area contributed by atoms with E-state index in [1.165, 1.54) is 26.6 Å². The number of methoxy groups -OCH3 is 2. The quantitative estimate of drug-likeness (QED) is 0.402. The predicted molar refractivity (Wildman–Crippen MR) is 133 cm³/mol. The van der Waals surface area contributed by atoms with E-state index in [9.17, 15) is 4.79 Å². The van der Waals surface area contributed by atoms with Crippen molar-refractivity contribution in [3.63, 3.8) is 0 Å². The molecule has 0 saturated carbocycles. The average Bonchev–Trinajstić information content (AvgIpc) is 3.25. The molecular formula is C26H34ClN3O3. The van der Waals surface area contributed by atoms with Gasteiger partial charge in [0.1, 0.15) is 5.75 Å². The van der Waals surface area contributed by atoms with Crippen LogP contribution >= 0.6 is 11.6 Å². The Hall–Kier alpha value is -2.75. The van der Waals surface area contributed by atoms with Gasteiger partial charge in [-0.25, -0.2) is 0 Å². The number of hydrogen-bond donors (Lipinski definition) is 1. The third-order valence-electron chi connectivity index (χ3n) is 5.52. The lowest BCUT2D eigenvalue weighted by Gasteiger charge is -2.15. The lowest BCUT2D eigenvalue weighted by Crippen LogP contribution is -2.23. The van der Waals surface area contributed by atoms with Crippen molar-refractivity contribution in [2.45, 2.75) is 32.6 Å². The van der Waals surface area contributed by atoms with Crippen LogP contribution in [0.5, 0.6) is 5.75 Å². The summed E-state index contributed by atoms with van der Waals surface area (Å²) in [6, 6.07) is 15.4. The van der Waals surface area contributed by atoms with Gasteiger partial charge < -0.3 is 19.7 Å². The van der Waals surface area contributed by atoms with Crippen LogP contribution < -0.4 is 10.1 Å². The second kappa shape index (κ2) is 14.4. The van der Waals surface area contributed by atoms with E-state index in [0.29, 0.717) is 17.0 Å². The minimum Gasteiger partial charge on any atom is -0.497 e. The van der Waals surface area contributed by atoms with E-state index in [1.807, 2.05) is 36.4 Å². The van der Waals surface area contributed by atoms with Crippen molar-refractivity contribution in [2.75, 3.05) is 45.7 Å². The van der Waals surface area contributed by atoms with Gasteiger partial charge in [-0.05, 0) is 79.8 Å². The molecule has 7 heteroatoms. The van der Waals surface area contributed by atoms with E-state index in [1.54, 1.807) is 13.2 Å². The first-order valence-electron chi connectivity index (χ1n) is 11.3. The standard InChI is InChI=1S/C14H17ClN2.C12H17NO3/c1-11-2-4-17(10-11)5-3-12-6-13(9-16)8-14(15)7-12;1-15-11-7-5-10(6-8-11)13-9-3-4-12(14)16-2/h6-8,11H,2-5,10H2,1H3;5-8,13H,3-4,9H2,1-2H3. The molecule has 0 bridgehead atoms. The summed E-state index contributed by atoms with van der Waals surface area (Å²) in [7, 11) is 3.04. The average molecular weight is 472 g/mol. The molecule has 178 valence electrons. The molecule has 1 heterocycles. The molecule has 1 saturated heterocycles. The van der Waals surface area contributed by atoms with Gasteiger partial charge in [0.05, 0.1) is 25.9 Å². The predicted octanol–water partition coefficient (Wildman–Crippen LogP) is 5.16. The number of carbonyl (C=O) groups excluding carboxylic acids is 1. The number of nitrogens with one attached hydrogen (secondary N) is 1. The number of likely N-dealkylation sites (tertiary alicyclic amines) is 1.